The topological polar surface area (TPSA) is 41.6 Å². The summed E-state index contributed by atoms with van der Waals surface area (Å²) >= 11 is 0. The van der Waals surface area contributed by atoms with E-state index >= 15 is 0 Å². The number of rotatable bonds is 9. The lowest BCUT2D eigenvalue weighted by Gasteiger charge is -2.28. The van der Waals surface area contributed by atoms with Crippen LogP contribution in [0.15, 0.2) is 0 Å². The van der Waals surface area contributed by atoms with E-state index in [2.05, 4.69) is 31.0 Å². The zero-order valence-corrected chi connectivity index (χ0v) is 12.8. The molecule has 0 amide bonds. The average Bonchev–Trinajstić information content (AvgIpc) is 2.34. The molecule has 0 spiro atoms. The molecule has 1 N–H and O–H groups in total. The second-order valence-electron chi connectivity index (χ2n) is 5.26. The quantitative estimate of drug-likeness (QED) is 0.641. The number of nitrogens with zero attached hydrogens (tertiary/aromatic N) is 1. The number of carbonyl (C=O) groups is 1. The second kappa shape index (κ2) is 9.34. The lowest BCUT2D eigenvalue weighted by molar-refractivity contribution is -0.143. The molecule has 108 valence electrons. The van der Waals surface area contributed by atoms with Gasteiger partial charge in [0.05, 0.1) is 7.11 Å². The third kappa shape index (κ3) is 6.97. The first kappa shape index (κ1) is 17.4. The number of hydrogen-bond donors (Lipinski definition) is 1. The van der Waals surface area contributed by atoms with Gasteiger partial charge in [-0.05, 0) is 12.5 Å². The van der Waals surface area contributed by atoms with Gasteiger partial charge in [-0.15, -0.1) is 0 Å². The number of likely N-dealkylation sites (N-methyl/N-ethyl adjacent to an activating group) is 1. The van der Waals surface area contributed by atoms with Crippen LogP contribution < -0.4 is 5.32 Å². The highest BCUT2D eigenvalue weighted by Crippen LogP contribution is 2.05. The van der Waals surface area contributed by atoms with Crippen LogP contribution >= 0.6 is 0 Å². The first-order chi connectivity index (χ1) is 8.44. The van der Waals surface area contributed by atoms with E-state index in [0.717, 1.165) is 19.5 Å². The molecule has 0 saturated carbocycles. The molecule has 0 fully saturated rings. The zero-order chi connectivity index (χ0) is 14.1. The molecule has 0 heterocycles. The van der Waals surface area contributed by atoms with Crippen molar-refractivity contribution in [2.75, 3.05) is 26.7 Å². The summed E-state index contributed by atoms with van der Waals surface area (Å²) in [6.45, 7) is 13.4. The minimum absolute atomic E-state index is 0.175. The second-order valence-corrected chi connectivity index (χ2v) is 5.26. The summed E-state index contributed by atoms with van der Waals surface area (Å²) in [6, 6.07) is 0.0374. The highest BCUT2D eigenvalue weighted by atomic mass is 16.5. The van der Waals surface area contributed by atoms with Crippen LogP contribution in [0.2, 0.25) is 0 Å². The number of ether oxygens (including phenoxy) is 1. The highest BCUT2D eigenvalue weighted by molar-refractivity contribution is 5.75. The number of carbonyl (C=O) groups excluding carboxylic acids is 1. The summed E-state index contributed by atoms with van der Waals surface area (Å²) in [6.07, 6.45) is 1.16. The number of hydrogen-bond acceptors (Lipinski definition) is 4. The number of methoxy groups -OCH3 is 1. The van der Waals surface area contributed by atoms with Crippen molar-refractivity contribution < 1.29 is 9.53 Å². The first-order valence-electron chi connectivity index (χ1n) is 7.00. The van der Waals surface area contributed by atoms with Crippen molar-refractivity contribution >= 4 is 5.97 Å². The van der Waals surface area contributed by atoms with Crippen molar-refractivity contribution in [1.29, 1.82) is 0 Å². The molecule has 0 bridgehead atoms. The van der Waals surface area contributed by atoms with E-state index in [9.17, 15) is 4.79 Å². The smallest absolute Gasteiger partial charge is 0.324 e. The Morgan fingerprint density at radius 1 is 1.22 bits per heavy atom. The van der Waals surface area contributed by atoms with E-state index in [-0.39, 0.29) is 18.1 Å². The Bertz CT molecular complexity index is 232. The minimum Gasteiger partial charge on any atom is -0.468 e. The Labute approximate surface area is 112 Å². The molecule has 0 aliphatic carbocycles. The molecule has 0 rings (SSSR count). The van der Waals surface area contributed by atoms with E-state index < -0.39 is 0 Å². The maximum Gasteiger partial charge on any atom is 0.324 e. The van der Waals surface area contributed by atoms with E-state index in [1.165, 1.54) is 7.11 Å². The van der Waals surface area contributed by atoms with Gasteiger partial charge in [-0.25, -0.2) is 0 Å². The van der Waals surface area contributed by atoms with Crippen molar-refractivity contribution in [2.24, 2.45) is 5.92 Å². The summed E-state index contributed by atoms with van der Waals surface area (Å²) in [7, 11) is 1.45. The standard InChI is InChI=1S/C14H30N2O2/c1-7-12(5)9-16(8-2)10-13(14(17)18-6)15-11(3)4/h11-13,15H,7-10H2,1-6H3. The summed E-state index contributed by atoms with van der Waals surface area (Å²) in [5.74, 6) is 0.480. The maximum absolute atomic E-state index is 11.7. The molecule has 0 aromatic carbocycles. The Hall–Kier alpha value is -0.610. The monoisotopic (exact) mass is 258 g/mol. The Balaban J connectivity index is 4.46. The SMILES string of the molecule is CCC(C)CN(CC)CC(NC(C)C)C(=O)OC. The Morgan fingerprint density at radius 2 is 1.83 bits per heavy atom. The van der Waals surface area contributed by atoms with Gasteiger partial charge in [0.15, 0.2) is 0 Å². The predicted molar refractivity (Wildman–Crippen MR) is 75.6 cm³/mol. The number of nitrogens with one attached hydrogen (secondary N) is 1. The molecule has 18 heavy (non-hydrogen) atoms. The van der Waals surface area contributed by atoms with E-state index in [0.29, 0.717) is 12.5 Å². The van der Waals surface area contributed by atoms with Gasteiger partial charge in [-0.2, -0.15) is 0 Å². The predicted octanol–water partition coefficient (Wildman–Crippen LogP) is 1.89. The van der Waals surface area contributed by atoms with Crippen molar-refractivity contribution in [3.05, 3.63) is 0 Å². The van der Waals surface area contributed by atoms with Crippen LogP contribution in [0.5, 0.6) is 0 Å². The van der Waals surface area contributed by atoms with E-state index in [1.54, 1.807) is 0 Å². The Kier molecular flexibility index (Phi) is 9.02. The van der Waals surface area contributed by atoms with Crippen LogP contribution in [0.25, 0.3) is 0 Å². The lowest BCUT2D eigenvalue weighted by atomic mass is 10.1. The summed E-state index contributed by atoms with van der Waals surface area (Å²) < 4.78 is 4.86. The summed E-state index contributed by atoms with van der Waals surface area (Å²) in [5.41, 5.74) is 0. The van der Waals surface area contributed by atoms with Gasteiger partial charge < -0.3 is 15.0 Å². The summed E-state index contributed by atoms with van der Waals surface area (Å²) in [4.78, 5) is 14.1. The first-order valence-corrected chi connectivity index (χ1v) is 7.00. The molecule has 0 saturated heterocycles. The fourth-order valence-corrected chi connectivity index (χ4v) is 1.90. The van der Waals surface area contributed by atoms with Crippen LogP contribution in [0.3, 0.4) is 0 Å². The third-order valence-corrected chi connectivity index (χ3v) is 3.18. The average molecular weight is 258 g/mol. The molecular formula is C14H30N2O2. The highest BCUT2D eigenvalue weighted by Gasteiger charge is 2.22. The van der Waals surface area contributed by atoms with Crippen LogP contribution in [0, 0.1) is 5.92 Å². The van der Waals surface area contributed by atoms with Gasteiger partial charge >= 0.3 is 5.97 Å². The fourth-order valence-electron chi connectivity index (χ4n) is 1.90. The molecular weight excluding hydrogens is 228 g/mol. The Morgan fingerprint density at radius 3 is 2.22 bits per heavy atom. The van der Waals surface area contributed by atoms with E-state index in [4.69, 9.17) is 4.74 Å². The molecule has 0 aliphatic heterocycles. The molecule has 2 unspecified atom stereocenters. The molecule has 4 nitrogen and oxygen atoms in total. The van der Waals surface area contributed by atoms with Crippen LogP contribution in [-0.4, -0.2) is 49.7 Å². The largest absolute Gasteiger partial charge is 0.468 e. The van der Waals surface area contributed by atoms with Gasteiger partial charge in [0.25, 0.3) is 0 Å². The van der Waals surface area contributed by atoms with Gasteiger partial charge in [0.1, 0.15) is 6.04 Å². The molecule has 2 atom stereocenters. The number of esters is 1. The third-order valence-electron chi connectivity index (χ3n) is 3.18. The van der Waals surface area contributed by atoms with Crippen molar-refractivity contribution in [3.63, 3.8) is 0 Å². The van der Waals surface area contributed by atoms with Gasteiger partial charge in [0, 0.05) is 19.1 Å². The fraction of sp³-hybridized carbons (Fsp3) is 0.929. The normalized spacial score (nSPS) is 14.9. The van der Waals surface area contributed by atoms with Gasteiger partial charge in [-0.3, -0.25) is 4.79 Å². The zero-order valence-electron chi connectivity index (χ0n) is 12.8. The van der Waals surface area contributed by atoms with Gasteiger partial charge in [0.2, 0.25) is 0 Å². The summed E-state index contributed by atoms with van der Waals surface area (Å²) in [5, 5.41) is 3.27. The van der Waals surface area contributed by atoms with Crippen LogP contribution in [-0.2, 0) is 9.53 Å². The lowest BCUT2D eigenvalue weighted by Crippen LogP contribution is -2.49. The van der Waals surface area contributed by atoms with E-state index in [1.807, 2.05) is 13.8 Å². The van der Waals surface area contributed by atoms with Crippen molar-refractivity contribution in [2.45, 2.75) is 53.1 Å². The minimum atomic E-state index is -0.237. The van der Waals surface area contributed by atoms with Gasteiger partial charge in [-0.1, -0.05) is 41.0 Å². The maximum atomic E-state index is 11.7. The van der Waals surface area contributed by atoms with Crippen LogP contribution in [0.1, 0.15) is 41.0 Å². The van der Waals surface area contributed by atoms with Crippen molar-refractivity contribution in [3.8, 4) is 0 Å². The molecule has 0 aromatic heterocycles. The molecule has 0 aliphatic rings. The van der Waals surface area contributed by atoms with Crippen molar-refractivity contribution in [1.82, 2.24) is 10.2 Å². The molecule has 4 heteroatoms. The molecule has 0 aromatic rings. The molecule has 0 radical (unpaired) electrons. The van der Waals surface area contributed by atoms with Crippen LogP contribution in [0.4, 0.5) is 0 Å².